The predicted molar refractivity (Wildman–Crippen MR) is 228 cm³/mol. The lowest BCUT2D eigenvalue weighted by atomic mass is 10.1. The van der Waals surface area contributed by atoms with Crippen molar-refractivity contribution in [1.29, 1.82) is 0 Å². The summed E-state index contributed by atoms with van der Waals surface area (Å²) in [7, 11) is -4.40. The van der Waals surface area contributed by atoms with Crippen LogP contribution in [0.1, 0.15) is 142 Å². The van der Waals surface area contributed by atoms with Gasteiger partial charge in [0, 0.05) is 19.4 Å². The Hall–Kier alpha value is -3.07. The second-order valence-electron chi connectivity index (χ2n) is 13.2. The Morgan fingerprint density at radius 3 is 1.67 bits per heavy atom. The van der Waals surface area contributed by atoms with E-state index in [0.717, 1.165) is 77.0 Å². The van der Waals surface area contributed by atoms with Crippen LogP contribution in [0.15, 0.2) is 97.2 Å². The van der Waals surface area contributed by atoms with E-state index < -0.39 is 32.5 Å². The molecule has 0 aliphatic carbocycles. The number of carbonyl (C=O) groups excluding carboxylic acids is 2. The zero-order valence-corrected chi connectivity index (χ0v) is 35.0. The van der Waals surface area contributed by atoms with Gasteiger partial charge >= 0.3 is 19.8 Å². The van der Waals surface area contributed by atoms with E-state index in [-0.39, 0.29) is 32.6 Å². The lowest BCUT2D eigenvalue weighted by Gasteiger charge is -2.19. The third kappa shape index (κ3) is 40.4. The van der Waals surface area contributed by atoms with E-state index in [9.17, 15) is 19.0 Å². The minimum absolute atomic E-state index is 0.0383. The highest BCUT2D eigenvalue weighted by molar-refractivity contribution is 7.47. The smallest absolute Gasteiger partial charge is 0.462 e. The summed E-state index contributed by atoms with van der Waals surface area (Å²) in [6, 6.07) is 0. The maximum Gasteiger partial charge on any atom is 0.472 e. The fourth-order valence-corrected chi connectivity index (χ4v) is 5.74. The lowest BCUT2D eigenvalue weighted by molar-refractivity contribution is -0.161. The van der Waals surface area contributed by atoms with E-state index in [1.54, 1.807) is 0 Å². The Morgan fingerprint density at radius 1 is 0.582 bits per heavy atom. The van der Waals surface area contributed by atoms with E-state index in [0.29, 0.717) is 12.8 Å². The number of allylic oxidation sites excluding steroid dienone is 16. The number of phosphoric ester groups is 1. The number of phosphoric acid groups is 1. The topological polar surface area (TPSA) is 134 Å². The van der Waals surface area contributed by atoms with Gasteiger partial charge in [-0.1, -0.05) is 150 Å². The molecule has 0 aliphatic rings. The first-order valence-corrected chi connectivity index (χ1v) is 22.3. The normalized spacial score (nSPS) is 14.3. The molecule has 1 unspecified atom stereocenters. The maximum absolute atomic E-state index is 12.6. The van der Waals surface area contributed by atoms with Crippen LogP contribution in [0, 0.1) is 0 Å². The molecule has 55 heavy (non-hydrogen) atoms. The van der Waals surface area contributed by atoms with Crippen molar-refractivity contribution in [3.05, 3.63) is 97.2 Å². The molecule has 0 aromatic heterocycles. The molecule has 0 aromatic rings. The van der Waals surface area contributed by atoms with Crippen molar-refractivity contribution in [2.24, 2.45) is 5.73 Å². The van der Waals surface area contributed by atoms with Crippen LogP contribution in [-0.4, -0.2) is 49.3 Å². The number of hydrogen-bond acceptors (Lipinski definition) is 8. The molecule has 0 aliphatic heterocycles. The average molecular weight is 788 g/mol. The summed E-state index contributed by atoms with van der Waals surface area (Å²) in [6.07, 6.45) is 51.5. The first kappa shape index (κ1) is 51.9. The van der Waals surface area contributed by atoms with Gasteiger partial charge in [-0.05, 0) is 77.0 Å². The number of rotatable bonds is 37. The second-order valence-corrected chi connectivity index (χ2v) is 14.7. The van der Waals surface area contributed by atoms with Gasteiger partial charge in [0.1, 0.15) is 6.61 Å². The molecule has 0 aromatic carbocycles. The fraction of sp³-hybridized carbons (Fsp3) is 0.600. The summed E-state index contributed by atoms with van der Waals surface area (Å²) >= 11 is 0. The third-order valence-corrected chi connectivity index (χ3v) is 9.03. The molecule has 0 saturated heterocycles. The largest absolute Gasteiger partial charge is 0.472 e. The van der Waals surface area contributed by atoms with Gasteiger partial charge in [-0.15, -0.1) is 0 Å². The van der Waals surface area contributed by atoms with E-state index in [4.69, 9.17) is 24.3 Å². The fourth-order valence-electron chi connectivity index (χ4n) is 4.98. The number of nitrogens with two attached hydrogens (primary N) is 1. The van der Waals surface area contributed by atoms with Gasteiger partial charge in [0.2, 0.25) is 0 Å². The lowest BCUT2D eigenvalue weighted by Crippen LogP contribution is -2.29. The molecule has 0 rings (SSSR count). The predicted octanol–water partition coefficient (Wildman–Crippen LogP) is 11.8. The van der Waals surface area contributed by atoms with Crippen molar-refractivity contribution in [3.63, 3.8) is 0 Å². The van der Waals surface area contributed by atoms with Gasteiger partial charge in [0.15, 0.2) is 6.10 Å². The van der Waals surface area contributed by atoms with Crippen molar-refractivity contribution in [1.82, 2.24) is 0 Å². The number of esters is 2. The van der Waals surface area contributed by atoms with Crippen LogP contribution < -0.4 is 5.73 Å². The summed E-state index contributed by atoms with van der Waals surface area (Å²) in [6.45, 7) is 3.47. The second kappa shape index (κ2) is 40.6. The Morgan fingerprint density at radius 2 is 1.07 bits per heavy atom. The summed E-state index contributed by atoms with van der Waals surface area (Å²) in [5.41, 5.74) is 5.34. The number of ether oxygens (including phenoxy) is 2. The van der Waals surface area contributed by atoms with E-state index >= 15 is 0 Å². The highest BCUT2D eigenvalue weighted by atomic mass is 31.2. The Labute approximate surface area is 334 Å². The average Bonchev–Trinajstić information content (AvgIpc) is 3.17. The van der Waals surface area contributed by atoms with Crippen molar-refractivity contribution in [2.45, 2.75) is 148 Å². The zero-order valence-electron chi connectivity index (χ0n) is 34.1. The molecule has 0 spiro atoms. The Balaban J connectivity index is 4.32. The van der Waals surface area contributed by atoms with E-state index in [1.807, 2.05) is 30.4 Å². The molecule has 0 heterocycles. The highest BCUT2D eigenvalue weighted by Gasteiger charge is 2.25. The number of hydrogen-bond donors (Lipinski definition) is 2. The van der Waals surface area contributed by atoms with Gasteiger partial charge in [0.05, 0.1) is 13.2 Å². The van der Waals surface area contributed by atoms with Crippen molar-refractivity contribution in [2.75, 3.05) is 26.4 Å². The monoisotopic (exact) mass is 788 g/mol. The molecular formula is C45H74NO8P. The van der Waals surface area contributed by atoms with Crippen LogP contribution in [0.3, 0.4) is 0 Å². The SMILES string of the molecule is CC/C=C/C=C/C=C/C=C/CCCCCCCC(=O)OC[C@H](COP(=O)(O)OCCN)OC(=O)CCCCC/C=C/C/C=C/C/C=C/C/C=C/CCCCC. The Bertz CT molecular complexity index is 1220. The molecule has 2 atom stereocenters. The molecule has 0 bridgehead atoms. The molecule has 10 heteroatoms. The minimum atomic E-state index is -4.40. The summed E-state index contributed by atoms with van der Waals surface area (Å²) in [4.78, 5) is 34.8. The van der Waals surface area contributed by atoms with Gasteiger partial charge in [0.25, 0.3) is 0 Å². The van der Waals surface area contributed by atoms with Crippen LogP contribution in [0.2, 0.25) is 0 Å². The molecule has 0 saturated carbocycles. The van der Waals surface area contributed by atoms with Gasteiger partial charge in [-0.2, -0.15) is 0 Å². The van der Waals surface area contributed by atoms with Gasteiger partial charge in [-0.25, -0.2) is 4.57 Å². The van der Waals surface area contributed by atoms with Crippen molar-refractivity contribution >= 4 is 19.8 Å². The van der Waals surface area contributed by atoms with E-state index in [2.05, 4.69) is 80.7 Å². The maximum atomic E-state index is 12.6. The molecule has 0 fully saturated rings. The molecule has 9 nitrogen and oxygen atoms in total. The van der Waals surface area contributed by atoms with Crippen LogP contribution >= 0.6 is 7.82 Å². The molecule has 3 N–H and O–H groups in total. The highest BCUT2D eigenvalue weighted by Crippen LogP contribution is 2.43. The van der Waals surface area contributed by atoms with Gasteiger partial charge in [-0.3, -0.25) is 18.6 Å². The molecule has 0 radical (unpaired) electrons. The van der Waals surface area contributed by atoms with Crippen molar-refractivity contribution in [3.8, 4) is 0 Å². The van der Waals surface area contributed by atoms with Crippen LogP contribution in [0.5, 0.6) is 0 Å². The zero-order chi connectivity index (χ0) is 40.3. The van der Waals surface area contributed by atoms with E-state index in [1.165, 1.54) is 25.7 Å². The number of unbranched alkanes of at least 4 members (excludes halogenated alkanes) is 11. The molecule has 0 amide bonds. The van der Waals surface area contributed by atoms with Crippen molar-refractivity contribution < 1.29 is 37.6 Å². The van der Waals surface area contributed by atoms with Crippen LogP contribution in [0.25, 0.3) is 0 Å². The quantitative estimate of drug-likeness (QED) is 0.0207. The number of carbonyl (C=O) groups is 2. The first-order chi connectivity index (χ1) is 26.8. The minimum Gasteiger partial charge on any atom is -0.462 e. The van der Waals surface area contributed by atoms with Crippen LogP contribution in [-0.2, 0) is 32.7 Å². The van der Waals surface area contributed by atoms with Crippen LogP contribution in [0.4, 0.5) is 0 Å². The molecular weight excluding hydrogens is 713 g/mol. The molecule has 312 valence electrons. The summed E-state index contributed by atoms with van der Waals surface area (Å²) in [5.74, 6) is -0.904. The summed E-state index contributed by atoms with van der Waals surface area (Å²) in [5, 5.41) is 0. The Kier molecular flexibility index (Phi) is 38.3. The standard InChI is InChI=1S/C45H74NO8P/c1-3-5-7-9-11-13-15-17-19-20-21-22-24-26-28-30-32-34-36-38-45(48)54-43(42-53-55(49,50)52-40-39-46)41-51-44(47)37-35-33-31-29-27-25-23-18-16-14-12-10-8-6-4-2/h6,8,10-14,16-19,21-23,26,28,43H,3-5,7,9,15,20,24-25,27,29-42,46H2,1-2H3,(H,49,50)/b8-6+,12-10+,13-11+,16-14+,19-17+,22-21+,23-18+,28-26+/t43-/m1/s1. The first-order valence-electron chi connectivity index (χ1n) is 20.8. The summed E-state index contributed by atoms with van der Waals surface area (Å²) < 4.78 is 32.7. The van der Waals surface area contributed by atoms with Gasteiger partial charge < -0.3 is 20.1 Å². The third-order valence-electron chi connectivity index (χ3n) is 8.05.